The first-order chi connectivity index (χ1) is 9.48. The van der Waals surface area contributed by atoms with Gasteiger partial charge in [-0.2, -0.15) is 4.31 Å². The van der Waals surface area contributed by atoms with Gasteiger partial charge in [0, 0.05) is 13.6 Å². The fraction of sp³-hybridized carbons (Fsp3) is 0.500. The molecule has 112 valence electrons. The van der Waals surface area contributed by atoms with E-state index in [1.807, 2.05) is 0 Å². The van der Waals surface area contributed by atoms with Crippen molar-refractivity contribution >= 4 is 15.9 Å². The van der Waals surface area contributed by atoms with Crippen LogP contribution in [0.5, 0.6) is 0 Å². The molecule has 5 nitrogen and oxygen atoms in total. The fourth-order valence-corrected chi connectivity index (χ4v) is 2.87. The molecule has 1 aromatic rings. The summed E-state index contributed by atoms with van der Waals surface area (Å²) in [7, 11) is -2.19. The first-order valence-electron chi connectivity index (χ1n) is 6.76. The molecule has 0 fully saturated rings. The maximum atomic E-state index is 12.2. The Hall–Kier alpha value is -1.40. The van der Waals surface area contributed by atoms with Crippen LogP contribution in [0.4, 0.5) is 0 Å². The summed E-state index contributed by atoms with van der Waals surface area (Å²) in [4.78, 5) is 11.9. The second kappa shape index (κ2) is 8.01. The van der Waals surface area contributed by atoms with Gasteiger partial charge in [-0.3, -0.25) is 4.79 Å². The molecule has 6 heteroatoms. The van der Waals surface area contributed by atoms with E-state index in [2.05, 4.69) is 12.2 Å². The van der Waals surface area contributed by atoms with Gasteiger partial charge in [-0.1, -0.05) is 38.0 Å². The molecule has 1 amide bonds. The largest absolute Gasteiger partial charge is 0.355 e. The van der Waals surface area contributed by atoms with Crippen LogP contribution in [0.15, 0.2) is 35.2 Å². The first-order valence-corrected chi connectivity index (χ1v) is 8.20. The molecule has 1 aromatic carbocycles. The highest BCUT2D eigenvalue weighted by Gasteiger charge is 2.22. The second-order valence-corrected chi connectivity index (χ2v) is 6.68. The van der Waals surface area contributed by atoms with E-state index >= 15 is 0 Å². The Morgan fingerprint density at radius 3 is 2.45 bits per heavy atom. The van der Waals surface area contributed by atoms with Crippen LogP contribution in [0.1, 0.15) is 26.2 Å². The third-order valence-corrected chi connectivity index (χ3v) is 4.74. The van der Waals surface area contributed by atoms with Crippen molar-refractivity contribution in [2.45, 2.75) is 31.1 Å². The van der Waals surface area contributed by atoms with Gasteiger partial charge >= 0.3 is 0 Å². The topological polar surface area (TPSA) is 66.5 Å². The number of amides is 1. The van der Waals surface area contributed by atoms with Crippen molar-refractivity contribution < 1.29 is 13.2 Å². The number of likely N-dealkylation sites (N-methyl/N-ethyl adjacent to an activating group) is 1. The summed E-state index contributed by atoms with van der Waals surface area (Å²) in [5, 5.41) is 2.73. The van der Waals surface area contributed by atoms with E-state index < -0.39 is 10.0 Å². The zero-order chi connectivity index (χ0) is 15.0. The SMILES string of the molecule is CCCCCNC(=O)CN(C)S(=O)(=O)c1ccccc1. The van der Waals surface area contributed by atoms with E-state index in [0.29, 0.717) is 6.54 Å². The molecular formula is C14H22N2O3S. The number of hydrogen-bond donors (Lipinski definition) is 1. The minimum absolute atomic E-state index is 0.163. The quantitative estimate of drug-likeness (QED) is 0.742. The normalized spacial score (nSPS) is 11.6. The summed E-state index contributed by atoms with van der Waals surface area (Å²) in [5.41, 5.74) is 0. The van der Waals surface area contributed by atoms with E-state index in [0.717, 1.165) is 23.6 Å². The van der Waals surface area contributed by atoms with Crippen LogP contribution >= 0.6 is 0 Å². The van der Waals surface area contributed by atoms with Gasteiger partial charge in [0.25, 0.3) is 0 Å². The second-order valence-electron chi connectivity index (χ2n) is 4.63. The lowest BCUT2D eigenvalue weighted by Crippen LogP contribution is -2.38. The van der Waals surface area contributed by atoms with Gasteiger partial charge in [-0.25, -0.2) is 8.42 Å². The smallest absolute Gasteiger partial charge is 0.243 e. The monoisotopic (exact) mass is 298 g/mol. The number of unbranched alkanes of at least 4 members (excludes halogenated alkanes) is 2. The molecule has 1 rings (SSSR count). The highest BCUT2D eigenvalue weighted by atomic mass is 32.2. The average Bonchev–Trinajstić information content (AvgIpc) is 2.44. The summed E-state index contributed by atoms with van der Waals surface area (Å²) in [5.74, 6) is -0.275. The molecule has 0 saturated carbocycles. The van der Waals surface area contributed by atoms with Crippen LogP contribution in [-0.4, -0.2) is 38.8 Å². The molecule has 1 N–H and O–H groups in total. The predicted octanol–water partition coefficient (Wildman–Crippen LogP) is 1.61. The van der Waals surface area contributed by atoms with Crippen molar-refractivity contribution in [1.82, 2.24) is 9.62 Å². The highest BCUT2D eigenvalue weighted by Crippen LogP contribution is 2.12. The Morgan fingerprint density at radius 2 is 1.85 bits per heavy atom. The van der Waals surface area contributed by atoms with Crippen molar-refractivity contribution in [3.8, 4) is 0 Å². The third kappa shape index (κ3) is 4.94. The van der Waals surface area contributed by atoms with E-state index in [1.165, 1.54) is 19.2 Å². The molecule has 0 saturated heterocycles. The molecule has 0 unspecified atom stereocenters. The Balaban J connectivity index is 2.53. The molecule has 0 bridgehead atoms. The summed E-state index contributed by atoms with van der Waals surface area (Å²) in [6.07, 6.45) is 3.05. The van der Waals surface area contributed by atoms with Crippen molar-refractivity contribution in [3.63, 3.8) is 0 Å². The van der Waals surface area contributed by atoms with Gasteiger partial charge in [0.05, 0.1) is 11.4 Å². The number of sulfonamides is 1. The molecule has 0 aliphatic heterocycles. The van der Waals surface area contributed by atoms with Crippen LogP contribution in [0, 0.1) is 0 Å². The van der Waals surface area contributed by atoms with Gasteiger partial charge in [0.1, 0.15) is 0 Å². The lowest BCUT2D eigenvalue weighted by atomic mass is 10.2. The van der Waals surface area contributed by atoms with E-state index in [1.54, 1.807) is 18.2 Å². The Bertz CT molecular complexity index is 514. The minimum Gasteiger partial charge on any atom is -0.355 e. The zero-order valence-corrected chi connectivity index (χ0v) is 12.8. The summed E-state index contributed by atoms with van der Waals surface area (Å²) >= 11 is 0. The molecule has 0 heterocycles. The maximum Gasteiger partial charge on any atom is 0.243 e. The van der Waals surface area contributed by atoms with Crippen LogP contribution < -0.4 is 5.32 Å². The van der Waals surface area contributed by atoms with Gasteiger partial charge in [0.2, 0.25) is 15.9 Å². The Labute approximate surface area is 121 Å². The predicted molar refractivity (Wildman–Crippen MR) is 78.8 cm³/mol. The standard InChI is InChI=1S/C14H22N2O3S/c1-3-4-8-11-15-14(17)12-16(2)20(18,19)13-9-6-5-7-10-13/h5-7,9-10H,3-4,8,11-12H2,1-2H3,(H,15,17). The highest BCUT2D eigenvalue weighted by molar-refractivity contribution is 7.89. The molecule has 20 heavy (non-hydrogen) atoms. The lowest BCUT2D eigenvalue weighted by Gasteiger charge is -2.16. The van der Waals surface area contributed by atoms with E-state index in [9.17, 15) is 13.2 Å². The molecule has 0 atom stereocenters. The molecule has 0 spiro atoms. The molecule has 0 aromatic heterocycles. The summed E-state index contributed by atoms with van der Waals surface area (Å²) < 4.78 is 25.4. The number of nitrogens with zero attached hydrogens (tertiary/aromatic N) is 1. The Kier molecular flexibility index (Phi) is 6.67. The Morgan fingerprint density at radius 1 is 1.20 bits per heavy atom. The average molecular weight is 298 g/mol. The van der Waals surface area contributed by atoms with Gasteiger partial charge < -0.3 is 5.32 Å². The van der Waals surface area contributed by atoms with Crippen molar-refractivity contribution in [1.29, 1.82) is 0 Å². The van der Waals surface area contributed by atoms with Crippen LogP contribution in [0.3, 0.4) is 0 Å². The molecular weight excluding hydrogens is 276 g/mol. The summed E-state index contributed by atoms with van der Waals surface area (Å²) in [6, 6.07) is 8.10. The first kappa shape index (κ1) is 16.7. The van der Waals surface area contributed by atoms with Gasteiger partial charge in [-0.15, -0.1) is 0 Å². The number of benzene rings is 1. The molecule has 0 aliphatic rings. The van der Waals surface area contributed by atoms with Gasteiger partial charge in [-0.05, 0) is 18.6 Å². The van der Waals surface area contributed by atoms with Crippen molar-refractivity contribution in [2.75, 3.05) is 20.1 Å². The number of carbonyl (C=O) groups is 1. The minimum atomic E-state index is -3.60. The molecule has 0 radical (unpaired) electrons. The number of rotatable bonds is 8. The van der Waals surface area contributed by atoms with Crippen LogP contribution in [-0.2, 0) is 14.8 Å². The number of nitrogens with one attached hydrogen (secondary N) is 1. The summed E-state index contributed by atoms with van der Waals surface area (Å²) in [6.45, 7) is 2.51. The maximum absolute atomic E-state index is 12.2. The van der Waals surface area contributed by atoms with Crippen LogP contribution in [0.25, 0.3) is 0 Å². The number of carbonyl (C=O) groups excluding carboxylic acids is 1. The molecule has 0 aliphatic carbocycles. The number of hydrogen-bond acceptors (Lipinski definition) is 3. The van der Waals surface area contributed by atoms with E-state index in [-0.39, 0.29) is 17.3 Å². The van der Waals surface area contributed by atoms with Gasteiger partial charge in [0.15, 0.2) is 0 Å². The lowest BCUT2D eigenvalue weighted by molar-refractivity contribution is -0.121. The fourth-order valence-electron chi connectivity index (χ4n) is 1.72. The van der Waals surface area contributed by atoms with Crippen molar-refractivity contribution in [3.05, 3.63) is 30.3 Å². The van der Waals surface area contributed by atoms with E-state index in [4.69, 9.17) is 0 Å². The van der Waals surface area contributed by atoms with Crippen molar-refractivity contribution in [2.24, 2.45) is 0 Å². The van der Waals surface area contributed by atoms with Crippen LogP contribution in [0.2, 0.25) is 0 Å². The third-order valence-electron chi connectivity index (χ3n) is 2.92. The zero-order valence-electron chi connectivity index (χ0n) is 12.0.